The number of aryl methyl sites for hydroxylation is 1. The number of benzene rings is 1. The monoisotopic (exact) mass is 341 g/mol. The number of fused-ring (bicyclic) bond motifs is 1. The molecule has 0 saturated heterocycles. The smallest absolute Gasteiger partial charge is 0.236 e. The van der Waals surface area contributed by atoms with Crippen molar-refractivity contribution in [1.29, 1.82) is 0 Å². The van der Waals surface area contributed by atoms with Crippen molar-refractivity contribution in [3.05, 3.63) is 53.7 Å². The summed E-state index contributed by atoms with van der Waals surface area (Å²) >= 11 is 3.33. The van der Waals surface area contributed by atoms with Crippen molar-refractivity contribution in [2.75, 3.05) is 0 Å². The predicted octanol–water partition coefficient (Wildman–Crippen LogP) is 5.07. The molecule has 23 heavy (non-hydrogen) atoms. The van der Waals surface area contributed by atoms with Crippen molar-refractivity contribution in [1.82, 2.24) is 14.5 Å². The average Bonchev–Trinajstić information content (AvgIpc) is 3.30. The topological polar surface area (TPSA) is 43.9 Å². The van der Waals surface area contributed by atoms with Gasteiger partial charge in [-0.05, 0) is 30.5 Å². The Hall–Kier alpha value is -2.05. The number of rotatable bonds is 5. The van der Waals surface area contributed by atoms with Gasteiger partial charge in [0.2, 0.25) is 5.89 Å². The number of oxazole rings is 1. The number of imidazole rings is 1. The van der Waals surface area contributed by atoms with Crippen LogP contribution in [0.4, 0.5) is 0 Å². The number of aromatic nitrogens is 3. The van der Waals surface area contributed by atoms with Crippen LogP contribution >= 0.6 is 23.1 Å². The Kier molecular flexibility index (Phi) is 3.93. The fourth-order valence-electron chi connectivity index (χ4n) is 2.49. The standard InChI is InChI=1S/C17H15N3OS2/c1-2-20-14-7-4-3-6-13(14)19-17(20)23-11-12-10-21-16(18-12)15-8-5-9-22-15/h3-10H,2,11H2,1H3. The lowest BCUT2D eigenvalue weighted by atomic mass is 10.3. The third-order valence-corrected chi connectivity index (χ3v) is 5.44. The second-order valence-corrected chi connectivity index (χ2v) is 6.93. The first-order chi connectivity index (χ1) is 11.3. The molecule has 3 aromatic heterocycles. The molecular weight excluding hydrogens is 326 g/mol. The third-order valence-electron chi connectivity index (χ3n) is 3.57. The molecule has 4 rings (SSSR count). The van der Waals surface area contributed by atoms with Gasteiger partial charge in [0.25, 0.3) is 0 Å². The number of thiophene rings is 1. The summed E-state index contributed by atoms with van der Waals surface area (Å²) in [6.07, 6.45) is 1.74. The molecule has 1 aromatic carbocycles. The summed E-state index contributed by atoms with van der Waals surface area (Å²) in [5.41, 5.74) is 3.15. The summed E-state index contributed by atoms with van der Waals surface area (Å²) in [7, 11) is 0. The Morgan fingerprint density at radius 1 is 1.17 bits per heavy atom. The van der Waals surface area contributed by atoms with E-state index in [1.54, 1.807) is 29.4 Å². The van der Waals surface area contributed by atoms with Crippen LogP contribution in [0.25, 0.3) is 21.8 Å². The van der Waals surface area contributed by atoms with Crippen molar-refractivity contribution < 1.29 is 4.42 Å². The molecule has 0 aliphatic heterocycles. The number of thioether (sulfide) groups is 1. The zero-order chi connectivity index (χ0) is 15.6. The quantitative estimate of drug-likeness (QED) is 0.476. The highest BCUT2D eigenvalue weighted by molar-refractivity contribution is 7.98. The molecule has 0 fully saturated rings. The zero-order valence-electron chi connectivity index (χ0n) is 12.6. The van der Waals surface area contributed by atoms with Crippen molar-refractivity contribution in [2.24, 2.45) is 0 Å². The van der Waals surface area contributed by atoms with E-state index in [-0.39, 0.29) is 0 Å². The summed E-state index contributed by atoms with van der Waals surface area (Å²) in [5.74, 6) is 1.44. The van der Waals surface area contributed by atoms with E-state index in [1.165, 1.54) is 5.52 Å². The predicted molar refractivity (Wildman–Crippen MR) is 94.8 cm³/mol. The van der Waals surface area contributed by atoms with Gasteiger partial charge in [-0.3, -0.25) is 0 Å². The molecule has 0 aliphatic carbocycles. The Labute approximate surface area is 142 Å². The van der Waals surface area contributed by atoms with Gasteiger partial charge in [0.15, 0.2) is 5.16 Å². The van der Waals surface area contributed by atoms with Crippen LogP contribution < -0.4 is 0 Å². The van der Waals surface area contributed by atoms with Crippen molar-refractivity contribution >= 4 is 34.1 Å². The van der Waals surface area contributed by atoms with E-state index in [4.69, 9.17) is 9.40 Å². The minimum absolute atomic E-state index is 0.694. The summed E-state index contributed by atoms with van der Waals surface area (Å²) in [4.78, 5) is 10.3. The van der Waals surface area contributed by atoms with Gasteiger partial charge in [0, 0.05) is 12.3 Å². The Morgan fingerprint density at radius 3 is 2.91 bits per heavy atom. The molecule has 116 valence electrons. The Morgan fingerprint density at radius 2 is 2.09 bits per heavy atom. The van der Waals surface area contributed by atoms with E-state index in [0.29, 0.717) is 5.89 Å². The molecule has 0 unspecified atom stereocenters. The van der Waals surface area contributed by atoms with Crippen molar-refractivity contribution in [2.45, 2.75) is 24.4 Å². The maximum Gasteiger partial charge on any atom is 0.236 e. The Bertz CT molecular complexity index is 925. The van der Waals surface area contributed by atoms with Crippen LogP contribution in [0.15, 0.2) is 57.6 Å². The van der Waals surface area contributed by atoms with Crippen LogP contribution in [-0.4, -0.2) is 14.5 Å². The fraction of sp³-hybridized carbons (Fsp3) is 0.176. The SMILES string of the molecule is CCn1c(SCc2coc(-c3cccs3)n2)nc2ccccc21. The minimum atomic E-state index is 0.694. The number of hydrogen-bond acceptors (Lipinski definition) is 5. The van der Waals surface area contributed by atoms with Crippen LogP contribution in [0, 0.1) is 0 Å². The molecule has 0 radical (unpaired) electrons. The summed E-state index contributed by atoms with van der Waals surface area (Å²) < 4.78 is 7.81. The molecule has 0 bridgehead atoms. The normalized spacial score (nSPS) is 11.3. The van der Waals surface area contributed by atoms with Gasteiger partial charge in [0.1, 0.15) is 6.26 Å². The van der Waals surface area contributed by atoms with E-state index in [9.17, 15) is 0 Å². The summed E-state index contributed by atoms with van der Waals surface area (Å²) in [6, 6.07) is 12.3. The molecule has 0 spiro atoms. The number of para-hydroxylation sites is 2. The molecule has 0 atom stereocenters. The maximum atomic E-state index is 5.57. The lowest BCUT2D eigenvalue weighted by molar-refractivity contribution is 0.575. The first-order valence-electron chi connectivity index (χ1n) is 7.41. The first-order valence-corrected chi connectivity index (χ1v) is 9.28. The molecule has 0 saturated carbocycles. The summed E-state index contributed by atoms with van der Waals surface area (Å²) in [6.45, 7) is 3.05. The van der Waals surface area contributed by atoms with E-state index in [0.717, 1.165) is 33.5 Å². The zero-order valence-corrected chi connectivity index (χ0v) is 14.2. The molecule has 0 N–H and O–H groups in total. The van der Waals surface area contributed by atoms with Crippen molar-refractivity contribution in [3.63, 3.8) is 0 Å². The second-order valence-electron chi connectivity index (χ2n) is 5.04. The van der Waals surface area contributed by atoms with Gasteiger partial charge in [-0.2, -0.15) is 0 Å². The first kappa shape index (κ1) is 14.5. The van der Waals surface area contributed by atoms with Gasteiger partial charge in [-0.15, -0.1) is 11.3 Å². The fourth-order valence-corrected chi connectivity index (χ4v) is 4.11. The second kappa shape index (κ2) is 6.22. The van der Waals surface area contributed by atoms with Crippen LogP contribution in [0.5, 0.6) is 0 Å². The molecular formula is C17H15N3OS2. The van der Waals surface area contributed by atoms with Crippen LogP contribution in [0.1, 0.15) is 12.6 Å². The molecule has 6 heteroatoms. The lowest BCUT2D eigenvalue weighted by Crippen LogP contribution is -1.96. The summed E-state index contributed by atoms with van der Waals surface area (Å²) in [5, 5.41) is 3.05. The van der Waals surface area contributed by atoms with Crippen LogP contribution in [0.2, 0.25) is 0 Å². The van der Waals surface area contributed by atoms with E-state index in [2.05, 4.69) is 34.7 Å². The highest BCUT2D eigenvalue weighted by Gasteiger charge is 2.12. The van der Waals surface area contributed by atoms with Gasteiger partial charge in [-0.1, -0.05) is 30.0 Å². The highest BCUT2D eigenvalue weighted by Crippen LogP contribution is 2.28. The molecule has 3 heterocycles. The van der Waals surface area contributed by atoms with Gasteiger partial charge in [0.05, 0.1) is 21.6 Å². The van der Waals surface area contributed by atoms with Crippen molar-refractivity contribution in [3.8, 4) is 10.8 Å². The van der Waals surface area contributed by atoms with E-state index >= 15 is 0 Å². The molecule has 4 aromatic rings. The van der Waals surface area contributed by atoms with Gasteiger partial charge in [-0.25, -0.2) is 9.97 Å². The van der Waals surface area contributed by atoms with Gasteiger partial charge < -0.3 is 8.98 Å². The van der Waals surface area contributed by atoms with E-state index in [1.807, 2.05) is 23.6 Å². The lowest BCUT2D eigenvalue weighted by Gasteiger charge is -2.04. The largest absolute Gasteiger partial charge is 0.444 e. The number of hydrogen-bond donors (Lipinski definition) is 0. The number of nitrogens with zero attached hydrogens (tertiary/aromatic N) is 3. The Balaban J connectivity index is 1.55. The van der Waals surface area contributed by atoms with Gasteiger partial charge >= 0.3 is 0 Å². The third kappa shape index (κ3) is 2.80. The molecule has 0 aliphatic rings. The van der Waals surface area contributed by atoms with Crippen LogP contribution in [0.3, 0.4) is 0 Å². The minimum Gasteiger partial charge on any atom is -0.444 e. The average molecular weight is 341 g/mol. The molecule has 4 nitrogen and oxygen atoms in total. The maximum absolute atomic E-state index is 5.57. The highest BCUT2D eigenvalue weighted by atomic mass is 32.2. The molecule has 0 amide bonds. The van der Waals surface area contributed by atoms with Crippen LogP contribution in [-0.2, 0) is 12.3 Å². The van der Waals surface area contributed by atoms with E-state index < -0.39 is 0 Å².